The minimum Gasteiger partial charge on any atom is -0.477 e. The van der Waals surface area contributed by atoms with Crippen molar-refractivity contribution in [3.05, 3.63) is 58.4 Å². The molecule has 1 aromatic carbocycles. The highest BCUT2D eigenvalue weighted by molar-refractivity contribution is 6.18. The zero-order valence-electron chi connectivity index (χ0n) is 23.5. The Morgan fingerprint density at radius 3 is 2.69 bits per heavy atom. The van der Waals surface area contributed by atoms with Crippen LogP contribution in [-0.2, 0) is 0 Å². The number of hydrogen-bond donors (Lipinski definition) is 4. The second-order valence-electron chi connectivity index (χ2n) is 11.2. The molecule has 6 heterocycles. The molecule has 2 aliphatic heterocycles. The van der Waals surface area contributed by atoms with Crippen LogP contribution in [0.4, 0.5) is 15.8 Å². The van der Waals surface area contributed by atoms with Crippen LogP contribution in [0.15, 0.2) is 41.6 Å². The summed E-state index contributed by atoms with van der Waals surface area (Å²) in [6.07, 6.45) is 6.87. The van der Waals surface area contributed by atoms with E-state index in [1.807, 2.05) is 0 Å². The summed E-state index contributed by atoms with van der Waals surface area (Å²) in [6.45, 7) is 2.67. The number of nitrogens with zero attached hydrogens (tertiary/aromatic N) is 5. The number of rotatable bonds is 5. The van der Waals surface area contributed by atoms with Crippen LogP contribution in [0, 0.1) is 11.7 Å². The van der Waals surface area contributed by atoms with Gasteiger partial charge >= 0.3 is 5.97 Å². The highest BCUT2D eigenvalue weighted by atomic mass is 19.1. The summed E-state index contributed by atoms with van der Waals surface area (Å²) in [7, 11) is 5.54. The van der Waals surface area contributed by atoms with Crippen molar-refractivity contribution in [3.8, 4) is 11.1 Å². The third-order valence-electron chi connectivity index (χ3n) is 9.02. The molecule has 5 aromatic rings. The molecule has 216 valence electrons. The summed E-state index contributed by atoms with van der Waals surface area (Å²) in [6, 6.07) is 5.06. The Kier molecular flexibility index (Phi) is 6.05. The number of nitrogens with one attached hydrogen (secondary N) is 3. The van der Waals surface area contributed by atoms with Crippen LogP contribution in [0.1, 0.15) is 23.2 Å². The smallest absolute Gasteiger partial charge is 0.341 e. The van der Waals surface area contributed by atoms with Crippen molar-refractivity contribution in [2.24, 2.45) is 5.92 Å². The van der Waals surface area contributed by atoms with Gasteiger partial charge in [0, 0.05) is 68.3 Å². The van der Waals surface area contributed by atoms with E-state index < -0.39 is 11.4 Å². The molecule has 42 heavy (non-hydrogen) atoms. The number of aromatic nitrogens is 4. The van der Waals surface area contributed by atoms with Gasteiger partial charge in [-0.2, -0.15) is 0 Å². The molecule has 0 spiro atoms. The maximum absolute atomic E-state index is 14.9. The molecule has 7 rings (SSSR count). The number of benzene rings is 1. The second kappa shape index (κ2) is 9.69. The van der Waals surface area contributed by atoms with Gasteiger partial charge in [-0.3, -0.25) is 4.79 Å². The molecule has 0 bridgehead atoms. The van der Waals surface area contributed by atoms with Crippen molar-refractivity contribution >= 4 is 50.3 Å². The first kappa shape index (κ1) is 26.2. The van der Waals surface area contributed by atoms with E-state index in [2.05, 4.69) is 37.6 Å². The predicted octanol–water partition coefficient (Wildman–Crippen LogP) is 3.68. The van der Waals surface area contributed by atoms with Gasteiger partial charge in [-0.05, 0) is 50.6 Å². The first-order chi connectivity index (χ1) is 20.3. The number of carboxylic acid groups (broad SMARTS) is 1. The summed E-state index contributed by atoms with van der Waals surface area (Å²) < 4.78 is 16.3. The molecular weight excluding hydrogens is 539 g/mol. The fourth-order valence-corrected chi connectivity index (χ4v) is 6.88. The van der Waals surface area contributed by atoms with E-state index in [-0.39, 0.29) is 16.8 Å². The van der Waals surface area contributed by atoms with E-state index in [0.29, 0.717) is 39.9 Å². The fraction of sp³-hybridized carbons (Fsp3) is 0.333. The lowest BCUT2D eigenvalue weighted by Gasteiger charge is -2.39. The number of carbonyl (C=O) groups is 1. The number of hydrogen-bond acceptors (Lipinski definition) is 8. The van der Waals surface area contributed by atoms with E-state index in [0.717, 1.165) is 48.2 Å². The van der Waals surface area contributed by atoms with Gasteiger partial charge in [0.2, 0.25) is 5.43 Å². The van der Waals surface area contributed by atoms with E-state index >= 15 is 0 Å². The number of H-pyrrole nitrogens is 1. The number of pyridine rings is 3. The lowest BCUT2D eigenvalue weighted by Crippen LogP contribution is -2.47. The van der Waals surface area contributed by atoms with Crippen LogP contribution in [0.5, 0.6) is 0 Å². The van der Waals surface area contributed by atoms with Crippen LogP contribution in [0.2, 0.25) is 0 Å². The molecule has 12 heteroatoms. The minimum atomic E-state index is -1.32. The average molecular weight is 571 g/mol. The molecule has 0 radical (unpaired) electrons. The molecule has 4 N–H and O–H groups in total. The monoisotopic (exact) mass is 570 g/mol. The van der Waals surface area contributed by atoms with Gasteiger partial charge in [0.05, 0.1) is 27.7 Å². The summed E-state index contributed by atoms with van der Waals surface area (Å²) in [5, 5.41) is 14.4. The van der Waals surface area contributed by atoms with Gasteiger partial charge in [0.1, 0.15) is 17.0 Å². The number of aromatic carboxylic acids is 1. The van der Waals surface area contributed by atoms with Crippen molar-refractivity contribution in [2.45, 2.75) is 18.9 Å². The fourth-order valence-electron chi connectivity index (χ4n) is 6.88. The van der Waals surface area contributed by atoms with Gasteiger partial charge in [0.15, 0.2) is 5.65 Å². The summed E-state index contributed by atoms with van der Waals surface area (Å²) in [5.41, 5.74) is 6.49. The number of anilines is 2. The number of likely N-dealkylation sites (tertiary alicyclic amines) is 1. The Hall–Kier alpha value is -4.71. The van der Waals surface area contributed by atoms with Gasteiger partial charge in [-0.15, -0.1) is 0 Å². The van der Waals surface area contributed by atoms with Gasteiger partial charge < -0.3 is 30.6 Å². The number of aromatic amines is 1. The number of likely N-dealkylation sites (N-methyl/N-ethyl adjacent to an activating group) is 1. The van der Waals surface area contributed by atoms with Crippen molar-refractivity contribution < 1.29 is 14.3 Å². The van der Waals surface area contributed by atoms with Crippen LogP contribution in [0.3, 0.4) is 0 Å². The summed E-state index contributed by atoms with van der Waals surface area (Å²) in [5.74, 6) is -1.05. The summed E-state index contributed by atoms with van der Waals surface area (Å²) in [4.78, 5) is 42.6. The maximum atomic E-state index is 14.9. The molecule has 2 atom stereocenters. The normalized spacial score (nSPS) is 19.1. The second-order valence-corrected chi connectivity index (χ2v) is 11.2. The molecule has 0 aliphatic carbocycles. The molecule has 0 saturated carbocycles. The van der Waals surface area contributed by atoms with E-state index in [4.69, 9.17) is 4.98 Å². The molecule has 0 amide bonds. The van der Waals surface area contributed by atoms with Crippen LogP contribution < -0.4 is 21.1 Å². The Morgan fingerprint density at radius 2 is 1.93 bits per heavy atom. The minimum absolute atomic E-state index is 0.171. The Balaban J connectivity index is 1.52. The van der Waals surface area contributed by atoms with Gasteiger partial charge in [0.25, 0.3) is 0 Å². The first-order valence-electron chi connectivity index (χ1n) is 14.0. The largest absolute Gasteiger partial charge is 0.477 e. The first-order valence-corrected chi connectivity index (χ1v) is 14.0. The lowest BCUT2D eigenvalue weighted by molar-refractivity contribution is 0.0695. The molecule has 11 nitrogen and oxygen atoms in total. The average Bonchev–Trinajstić information content (AvgIpc) is 3.56. The molecule has 2 fully saturated rings. The predicted molar refractivity (Wildman–Crippen MR) is 162 cm³/mol. The lowest BCUT2D eigenvalue weighted by atomic mass is 9.90. The molecule has 2 aliphatic rings. The maximum Gasteiger partial charge on any atom is 0.341 e. The van der Waals surface area contributed by atoms with Crippen LogP contribution in [0.25, 0.3) is 44.1 Å². The number of halogens is 1. The molecule has 2 saturated heterocycles. The van der Waals surface area contributed by atoms with Crippen molar-refractivity contribution in [1.82, 2.24) is 24.5 Å². The van der Waals surface area contributed by atoms with Crippen molar-refractivity contribution in [1.29, 1.82) is 0 Å². The Labute approximate surface area is 239 Å². The molecule has 1 unspecified atom stereocenters. The van der Waals surface area contributed by atoms with Crippen molar-refractivity contribution in [3.63, 3.8) is 0 Å². The SMILES string of the molecule is CNc1cc(F)cc2c1[nH]c1ncc(-c3cnc4c(c3)c(=O)c(C(=O)O)cn4NC)c(N3CCC4CCN(C)[C@H]4C3)c12. The zero-order valence-corrected chi connectivity index (χ0v) is 23.5. The van der Waals surface area contributed by atoms with Crippen molar-refractivity contribution in [2.75, 3.05) is 56.4 Å². The van der Waals surface area contributed by atoms with E-state index in [1.165, 1.54) is 29.4 Å². The Bertz CT molecular complexity index is 1970. The number of piperidine rings is 1. The van der Waals surface area contributed by atoms with Gasteiger partial charge in [-0.25, -0.2) is 23.8 Å². The number of carboxylic acids is 1. The third kappa shape index (κ3) is 3.89. The Morgan fingerprint density at radius 1 is 1.12 bits per heavy atom. The highest BCUT2D eigenvalue weighted by Crippen LogP contribution is 2.44. The quantitative estimate of drug-likeness (QED) is 0.250. The molecular formula is C30H31FN8O3. The third-order valence-corrected chi connectivity index (χ3v) is 9.02. The number of fused-ring (bicyclic) bond motifs is 5. The topological polar surface area (TPSA) is 131 Å². The van der Waals surface area contributed by atoms with E-state index in [9.17, 15) is 19.1 Å². The highest BCUT2D eigenvalue weighted by Gasteiger charge is 2.38. The summed E-state index contributed by atoms with van der Waals surface area (Å²) >= 11 is 0. The van der Waals surface area contributed by atoms with Crippen LogP contribution >= 0.6 is 0 Å². The molecule has 4 aromatic heterocycles. The zero-order chi connectivity index (χ0) is 29.3. The van der Waals surface area contributed by atoms with Gasteiger partial charge in [-0.1, -0.05) is 0 Å². The standard InChI is InChI=1S/C30H31FN8O3/c1-32-22-10-17(31)9-18-24-26(38-7-5-15-4-6-37(3)23(15)14-38)20(12-34-28(24)36-25(18)22)16-8-19-27(40)21(30(41)42)13-39(33-2)29(19)35-11-16/h8-13,15,23,32-33H,4-7,14H2,1-3H3,(H,34,36)(H,41,42)/t15?,23-/m0/s1. The van der Waals surface area contributed by atoms with E-state index in [1.54, 1.807) is 32.6 Å². The van der Waals surface area contributed by atoms with Crippen LogP contribution in [-0.4, -0.2) is 82.4 Å².